The number of nitrogens with one attached hydrogen (secondary N) is 1. The maximum Gasteiger partial charge on any atom is 0.134 e. The summed E-state index contributed by atoms with van der Waals surface area (Å²) in [4.78, 5) is 0. The fourth-order valence-electron chi connectivity index (χ4n) is 1.84. The molecule has 2 nitrogen and oxygen atoms in total. The number of rotatable bonds is 4. The summed E-state index contributed by atoms with van der Waals surface area (Å²) in [6.07, 6.45) is 0.844. The first-order valence-corrected chi connectivity index (χ1v) is 6.12. The molecule has 1 heterocycles. The molecule has 0 fully saturated rings. The van der Waals surface area contributed by atoms with Gasteiger partial charge in [0.1, 0.15) is 17.3 Å². The number of benzene rings is 1. The van der Waals surface area contributed by atoms with Crippen LogP contribution >= 0.6 is 0 Å². The summed E-state index contributed by atoms with van der Waals surface area (Å²) in [7, 11) is 1.93. The molecule has 0 bridgehead atoms. The van der Waals surface area contributed by atoms with Crippen molar-refractivity contribution in [3.63, 3.8) is 0 Å². The molecule has 3 heteroatoms. The number of hydrogen-bond donors (Lipinski definition) is 1. The molecule has 2 aromatic rings. The molecule has 1 atom stereocenters. The fraction of sp³-hybridized carbons (Fsp3) is 0.333. The zero-order valence-electron chi connectivity index (χ0n) is 11.0. The molecule has 0 radical (unpaired) electrons. The third kappa shape index (κ3) is 2.79. The summed E-state index contributed by atoms with van der Waals surface area (Å²) in [5.74, 6) is 1.54. The summed E-state index contributed by atoms with van der Waals surface area (Å²) >= 11 is 0. The van der Waals surface area contributed by atoms with E-state index in [0.717, 1.165) is 23.5 Å². The lowest BCUT2D eigenvalue weighted by atomic mass is 10.1. The summed E-state index contributed by atoms with van der Waals surface area (Å²) in [6.45, 7) is 3.86. The smallest absolute Gasteiger partial charge is 0.134 e. The van der Waals surface area contributed by atoms with E-state index in [2.05, 4.69) is 12.2 Å². The molecule has 0 spiro atoms. The van der Waals surface area contributed by atoms with Gasteiger partial charge in [-0.15, -0.1) is 0 Å². The average Bonchev–Trinajstić information content (AvgIpc) is 2.81. The third-order valence-electron chi connectivity index (χ3n) is 3.10. The van der Waals surface area contributed by atoms with Gasteiger partial charge in [0.15, 0.2) is 0 Å². The molecule has 0 aliphatic rings. The van der Waals surface area contributed by atoms with Crippen molar-refractivity contribution in [2.24, 2.45) is 0 Å². The van der Waals surface area contributed by atoms with Crippen LogP contribution in [0.3, 0.4) is 0 Å². The van der Waals surface area contributed by atoms with Crippen LogP contribution in [-0.2, 0) is 6.42 Å². The van der Waals surface area contributed by atoms with E-state index in [1.54, 1.807) is 19.1 Å². The predicted octanol–water partition coefficient (Wildman–Crippen LogP) is 3.54. The van der Waals surface area contributed by atoms with Gasteiger partial charge in [0.25, 0.3) is 0 Å². The molecule has 0 amide bonds. The Kier molecular flexibility index (Phi) is 3.82. The molecular formula is C15H18FNO. The Hall–Kier alpha value is -1.61. The molecule has 0 saturated carbocycles. The van der Waals surface area contributed by atoms with Crippen molar-refractivity contribution >= 4 is 0 Å². The number of aryl methyl sites for hydroxylation is 1. The van der Waals surface area contributed by atoms with Crippen LogP contribution < -0.4 is 5.32 Å². The topological polar surface area (TPSA) is 25.2 Å². The molecule has 0 aliphatic carbocycles. The van der Waals surface area contributed by atoms with E-state index in [9.17, 15) is 4.39 Å². The van der Waals surface area contributed by atoms with Crippen LogP contribution in [0.15, 0.2) is 34.7 Å². The monoisotopic (exact) mass is 247 g/mol. The minimum absolute atomic E-state index is 0.186. The van der Waals surface area contributed by atoms with Gasteiger partial charge < -0.3 is 9.73 Å². The van der Waals surface area contributed by atoms with Crippen molar-refractivity contribution in [2.45, 2.75) is 26.3 Å². The number of furan rings is 1. The zero-order chi connectivity index (χ0) is 13.1. The van der Waals surface area contributed by atoms with E-state index in [0.29, 0.717) is 11.6 Å². The van der Waals surface area contributed by atoms with Crippen molar-refractivity contribution in [1.29, 1.82) is 0 Å². The Balaban J connectivity index is 2.21. The van der Waals surface area contributed by atoms with Crippen LogP contribution in [0.25, 0.3) is 11.3 Å². The van der Waals surface area contributed by atoms with Gasteiger partial charge in [0.2, 0.25) is 0 Å². The highest BCUT2D eigenvalue weighted by Gasteiger charge is 2.08. The van der Waals surface area contributed by atoms with Crippen molar-refractivity contribution in [2.75, 3.05) is 7.05 Å². The second kappa shape index (κ2) is 5.36. The molecular weight excluding hydrogens is 229 g/mol. The van der Waals surface area contributed by atoms with Crippen LogP contribution in [0.4, 0.5) is 4.39 Å². The summed E-state index contributed by atoms with van der Waals surface area (Å²) in [5.41, 5.74) is 1.55. The molecule has 0 aliphatic heterocycles. The Morgan fingerprint density at radius 1 is 1.28 bits per heavy atom. The molecule has 18 heavy (non-hydrogen) atoms. The second-order valence-electron chi connectivity index (χ2n) is 4.62. The second-order valence-corrected chi connectivity index (χ2v) is 4.62. The maximum atomic E-state index is 13.2. The van der Waals surface area contributed by atoms with Crippen LogP contribution in [0, 0.1) is 12.7 Å². The van der Waals surface area contributed by atoms with Gasteiger partial charge in [0, 0.05) is 18.0 Å². The highest BCUT2D eigenvalue weighted by atomic mass is 19.1. The highest BCUT2D eigenvalue weighted by Crippen LogP contribution is 2.24. The molecule has 1 aromatic heterocycles. The van der Waals surface area contributed by atoms with Crippen LogP contribution in [0.1, 0.15) is 18.2 Å². The van der Waals surface area contributed by atoms with Gasteiger partial charge in [-0.25, -0.2) is 4.39 Å². The van der Waals surface area contributed by atoms with Crippen LogP contribution in [0.5, 0.6) is 0 Å². The van der Waals surface area contributed by atoms with E-state index >= 15 is 0 Å². The largest absolute Gasteiger partial charge is 0.461 e. The minimum atomic E-state index is -0.186. The summed E-state index contributed by atoms with van der Waals surface area (Å²) in [6, 6.07) is 9.31. The Morgan fingerprint density at radius 3 is 2.72 bits per heavy atom. The zero-order valence-corrected chi connectivity index (χ0v) is 11.0. The predicted molar refractivity (Wildman–Crippen MR) is 71.1 cm³/mol. The Morgan fingerprint density at radius 2 is 2.06 bits per heavy atom. The fourth-order valence-corrected chi connectivity index (χ4v) is 1.84. The lowest BCUT2D eigenvalue weighted by Gasteiger charge is -2.06. The van der Waals surface area contributed by atoms with Gasteiger partial charge in [-0.1, -0.05) is 0 Å². The van der Waals surface area contributed by atoms with E-state index < -0.39 is 0 Å². The SMILES string of the molecule is CNC(C)Cc1ccc(-c2ccc(F)c(C)c2)o1. The van der Waals surface area contributed by atoms with E-state index in [1.807, 2.05) is 19.2 Å². The number of halogens is 1. The number of hydrogen-bond acceptors (Lipinski definition) is 2. The summed E-state index contributed by atoms with van der Waals surface area (Å²) in [5, 5.41) is 3.17. The van der Waals surface area contributed by atoms with E-state index in [1.165, 1.54) is 6.07 Å². The standard InChI is InChI=1S/C15H18FNO/c1-10-8-12(4-6-14(10)16)15-7-5-13(18-15)9-11(2)17-3/h4-8,11,17H,9H2,1-3H3. The number of likely N-dealkylation sites (N-methyl/N-ethyl adjacent to an activating group) is 1. The average molecular weight is 247 g/mol. The van der Waals surface area contributed by atoms with Gasteiger partial charge in [0.05, 0.1) is 0 Å². The quantitative estimate of drug-likeness (QED) is 0.894. The molecule has 1 N–H and O–H groups in total. The van der Waals surface area contributed by atoms with Crippen molar-refractivity contribution < 1.29 is 8.81 Å². The van der Waals surface area contributed by atoms with E-state index in [-0.39, 0.29) is 5.82 Å². The van der Waals surface area contributed by atoms with E-state index in [4.69, 9.17) is 4.42 Å². The molecule has 1 unspecified atom stereocenters. The first-order chi connectivity index (χ1) is 8.60. The maximum absolute atomic E-state index is 13.2. The molecule has 1 aromatic carbocycles. The molecule has 2 rings (SSSR count). The lowest BCUT2D eigenvalue weighted by Crippen LogP contribution is -2.23. The Labute approximate surface area is 107 Å². The van der Waals surface area contributed by atoms with Gasteiger partial charge >= 0.3 is 0 Å². The summed E-state index contributed by atoms with van der Waals surface area (Å²) < 4.78 is 19.0. The van der Waals surface area contributed by atoms with Crippen LogP contribution in [0.2, 0.25) is 0 Å². The van der Waals surface area contributed by atoms with Gasteiger partial charge in [-0.05, 0) is 56.8 Å². The first-order valence-electron chi connectivity index (χ1n) is 6.12. The van der Waals surface area contributed by atoms with Gasteiger partial charge in [-0.3, -0.25) is 0 Å². The van der Waals surface area contributed by atoms with Crippen molar-refractivity contribution in [1.82, 2.24) is 5.32 Å². The van der Waals surface area contributed by atoms with Crippen LogP contribution in [-0.4, -0.2) is 13.1 Å². The van der Waals surface area contributed by atoms with Gasteiger partial charge in [-0.2, -0.15) is 0 Å². The van der Waals surface area contributed by atoms with Crippen molar-refractivity contribution in [3.8, 4) is 11.3 Å². The highest BCUT2D eigenvalue weighted by molar-refractivity contribution is 5.58. The Bertz CT molecular complexity index is 533. The lowest BCUT2D eigenvalue weighted by molar-refractivity contribution is 0.481. The van der Waals surface area contributed by atoms with Crippen molar-refractivity contribution in [3.05, 3.63) is 47.5 Å². The minimum Gasteiger partial charge on any atom is -0.461 e. The molecule has 96 valence electrons. The first kappa shape index (κ1) is 12.8. The molecule has 0 saturated heterocycles. The third-order valence-corrected chi connectivity index (χ3v) is 3.10. The normalized spacial score (nSPS) is 12.7.